The SMILES string of the molecule is C[C@H]1C(=O)N(C)CCN1C(=O)c1cccnc1C(F)(F)F. The lowest BCUT2D eigenvalue weighted by atomic mass is 10.1. The molecule has 1 atom stereocenters. The first kappa shape index (κ1) is 15.3. The number of carbonyl (C=O) groups excluding carboxylic acids is 2. The van der Waals surface area contributed by atoms with Gasteiger partial charge in [0.05, 0.1) is 5.56 Å². The molecular weight excluding hydrogens is 287 g/mol. The van der Waals surface area contributed by atoms with Crippen LogP contribution in [-0.4, -0.2) is 52.8 Å². The molecule has 0 bridgehead atoms. The van der Waals surface area contributed by atoms with Crippen LogP contribution in [0.4, 0.5) is 13.2 Å². The Balaban J connectivity index is 2.35. The summed E-state index contributed by atoms with van der Waals surface area (Å²) >= 11 is 0. The lowest BCUT2D eigenvalue weighted by Crippen LogP contribution is -2.56. The van der Waals surface area contributed by atoms with Crippen molar-refractivity contribution in [1.82, 2.24) is 14.8 Å². The number of carbonyl (C=O) groups is 2. The smallest absolute Gasteiger partial charge is 0.342 e. The molecule has 0 N–H and O–H groups in total. The van der Waals surface area contributed by atoms with Crippen molar-refractivity contribution in [2.24, 2.45) is 0 Å². The molecule has 0 unspecified atom stereocenters. The van der Waals surface area contributed by atoms with Gasteiger partial charge < -0.3 is 9.80 Å². The summed E-state index contributed by atoms with van der Waals surface area (Å²) in [6.45, 7) is 1.98. The second-order valence-corrected chi connectivity index (χ2v) is 4.83. The summed E-state index contributed by atoms with van der Waals surface area (Å²) in [5.41, 5.74) is -1.76. The Morgan fingerprint density at radius 3 is 2.67 bits per heavy atom. The second-order valence-electron chi connectivity index (χ2n) is 4.83. The van der Waals surface area contributed by atoms with Crippen LogP contribution in [0.1, 0.15) is 23.0 Å². The molecule has 0 aliphatic carbocycles. The number of hydrogen-bond donors (Lipinski definition) is 0. The Labute approximate surface area is 119 Å². The summed E-state index contributed by atoms with van der Waals surface area (Å²) in [5.74, 6) is -1.13. The molecule has 2 heterocycles. The molecule has 8 heteroatoms. The zero-order chi connectivity index (χ0) is 15.8. The number of hydrogen-bond acceptors (Lipinski definition) is 3. The van der Waals surface area contributed by atoms with Crippen molar-refractivity contribution in [2.45, 2.75) is 19.1 Å². The van der Waals surface area contributed by atoms with Gasteiger partial charge in [-0.05, 0) is 19.1 Å². The average Bonchev–Trinajstić information content (AvgIpc) is 2.43. The largest absolute Gasteiger partial charge is 0.434 e. The topological polar surface area (TPSA) is 53.5 Å². The Bertz CT molecular complexity index is 574. The lowest BCUT2D eigenvalue weighted by molar-refractivity contribution is -0.141. The van der Waals surface area contributed by atoms with Crippen LogP contribution in [0.5, 0.6) is 0 Å². The highest BCUT2D eigenvalue weighted by Crippen LogP contribution is 2.31. The van der Waals surface area contributed by atoms with E-state index in [0.717, 1.165) is 17.2 Å². The molecule has 1 saturated heterocycles. The number of likely N-dealkylation sites (N-methyl/N-ethyl adjacent to an activating group) is 1. The molecule has 1 fully saturated rings. The zero-order valence-electron chi connectivity index (χ0n) is 11.5. The maximum atomic E-state index is 12.9. The summed E-state index contributed by atoms with van der Waals surface area (Å²) in [5, 5.41) is 0. The molecule has 0 aromatic carbocycles. The van der Waals surface area contributed by atoms with Crippen molar-refractivity contribution in [3.63, 3.8) is 0 Å². The van der Waals surface area contributed by atoms with Crippen molar-refractivity contribution in [1.29, 1.82) is 0 Å². The van der Waals surface area contributed by atoms with Crippen LogP contribution in [0.15, 0.2) is 18.3 Å². The molecule has 21 heavy (non-hydrogen) atoms. The lowest BCUT2D eigenvalue weighted by Gasteiger charge is -2.37. The molecule has 0 saturated carbocycles. The van der Waals surface area contributed by atoms with E-state index in [1.54, 1.807) is 7.05 Å². The quantitative estimate of drug-likeness (QED) is 0.788. The highest BCUT2D eigenvalue weighted by Gasteiger charge is 2.40. The van der Waals surface area contributed by atoms with E-state index in [0.29, 0.717) is 0 Å². The minimum atomic E-state index is -4.72. The molecule has 0 spiro atoms. The monoisotopic (exact) mass is 301 g/mol. The van der Waals surface area contributed by atoms with Gasteiger partial charge in [0.25, 0.3) is 5.91 Å². The van der Waals surface area contributed by atoms with E-state index >= 15 is 0 Å². The predicted octanol–water partition coefficient (Wildman–Crippen LogP) is 1.40. The maximum absolute atomic E-state index is 12.9. The first-order valence-electron chi connectivity index (χ1n) is 6.31. The van der Waals surface area contributed by atoms with Crippen LogP contribution in [0.25, 0.3) is 0 Å². The fourth-order valence-electron chi connectivity index (χ4n) is 2.25. The van der Waals surface area contributed by atoms with Gasteiger partial charge in [0.15, 0.2) is 5.69 Å². The first-order valence-corrected chi connectivity index (χ1v) is 6.31. The third-order valence-electron chi connectivity index (χ3n) is 3.44. The minimum absolute atomic E-state index is 0.189. The van der Waals surface area contributed by atoms with Crippen molar-refractivity contribution in [3.05, 3.63) is 29.6 Å². The number of pyridine rings is 1. The van der Waals surface area contributed by atoms with Gasteiger partial charge in [-0.15, -0.1) is 0 Å². The number of alkyl halides is 3. The van der Waals surface area contributed by atoms with Gasteiger partial charge in [0.1, 0.15) is 6.04 Å². The van der Waals surface area contributed by atoms with Crippen molar-refractivity contribution in [2.75, 3.05) is 20.1 Å². The molecule has 114 valence electrons. The van der Waals surface area contributed by atoms with E-state index in [1.165, 1.54) is 17.9 Å². The highest BCUT2D eigenvalue weighted by molar-refractivity contribution is 5.99. The second kappa shape index (κ2) is 5.34. The van der Waals surface area contributed by atoms with Gasteiger partial charge in [-0.1, -0.05) is 0 Å². The van der Waals surface area contributed by atoms with Crippen LogP contribution in [0.2, 0.25) is 0 Å². The number of piperazine rings is 1. The molecule has 1 aliphatic heterocycles. The van der Waals surface area contributed by atoms with E-state index < -0.39 is 29.4 Å². The molecule has 2 rings (SSSR count). The van der Waals surface area contributed by atoms with Crippen molar-refractivity contribution < 1.29 is 22.8 Å². The fourth-order valence-corrected chi connectivity index (χ4v) is 2.25. The number of nitrogens with zero attached hydrogens (tertiary/aromatic N) is 3. The Morgan fingerprint density at radius 2 is 2.05 bits per heavy atom. The number of amides is 2. The van der Waals surface area contributed by atoms with E-state index in [2.05, 4.69) is 4.98 Å². The third kappa shape index (κ3) is 2.84. The summed E-state index contributed by atoms with van der Waals surface area (Å²) in [6, 6.07) is 1.55. The summed E-state index contributed by atoms with van der Waals surface area (Å²) < 4.78 is 38.7. The molecule has 1 aromatic heterocycles. The number of rotatable bonds is 1. The summed E-state index contributed by atoms with van der Waals surface area (Å²) in [6.07, 6.45) is -3.73. The highest BCUT2D eigenvalue weighted by atomic mass is 19.4. The Hall–Kier alpha value is -2.12. The van der Waals surface area contributed by atoms with Crippen LogP contribution >= 0.6 is 0 Å². The molecule has 5 nitrogen and oxygen atoms in total. The molecule has 2 amide bonds. The van der Waals surface area contributed by atoms with Gasteiger partial charge in [0.2, 0.25) is 5.91 Å². The van der Waals surface area contributed by atoms with Gasteiger partial charge >= 0.3 is 6.18 Å². The van der Waals surface area contributed by atoms with Gasteiger partial charge in [-0.25, -0.2) is 0 Å². The fraction of sp³-hybridized carbons (Fsp3) is 0.462. The Kier molecular flexibility index (Phi) is 3.89. The normalized spacial score (nSPS) is 19.9. The van der Waals surface area contributed by atoms with E-state index in [-0.39, 0.29) is 19.0 Å². The van der Waals surface area contributed by atoms with Crippen LogP contribution in [-0.2, 0) is 11.0 Å². The predicted molar refractivity (Wildman–Crippen MR) is 67.4 cm³/mol. The number of halogens is 3. The molecule has 1 aromatic rings. The van der Waals surface area contributed by atoms with E-state index in [4.69, 9.17) is 0 Å². The number of aromatic nitrogens is 1. The summed E-state index contributed by atoms with van der Waals surface area (Å²) in [4.78, 5) is 30.0. The Morgan fingerprint density at radius 1 is 1.38 bits per heavy atom. The van der Waals surface area contributed by atoms with Crippen LogP contribution < -0.4 is 0 Å². The summed E-state index contributed by atoms with van der Waals surface area (Å²) in [7, 11) is 1.59. The first-order chi connectivity index (χ1) is 9.73. The van der Waals surface area contributed by atoms with Crippen molar-refractivity contribution >= 4 is 11.8 Å². The third-order valence-corrected chi connectivity index (χ3v) is 3.44. The molecule has 1 aliphatic rings. The van der Waals surface area contributed by atoms with Gasteiger partial charge in [-0.2, -0.15) is 13.2 Å². The average molecular weight is 301 g/mol. The van der Waals surface area contributed by atoms with Gasteiger partial charge in [-0.3, -0.25) is 14.6 Å². The van der Waals surface area contributed by atoms with E-state index in [1.807, 2.05) is 0 Å². The van der Waals surface area contributed by atoms with E-state index in [9.17, 15) is 22.8 Å². The molecule has 0 radical (unpaired) electrons. The standard InChI is InChI=1S/C13H14F3N3O2/c1-8-11(20)18(2)6-7-19(8)12(21)9-4-3-5-17-10(9)13(14,15)16/h3-5,8H,6-7H2,1-2H3/t8-/m0/s1. The van der Waals surface area contributed by atoms with Crippen LogP contribution in [0.3, 0.4) is 0 Å². The zero-order valence-corrected chi connectivity index (χ0v) is 11.5. The van der Waals surface area contributed by atoms with Crippen molar-refractivity contribution in [3.8, 4) is 0 Å². The minimum Gasteiger partial charge on any atom is -0.342 e. The molecular formula is C13H14F3N3O2. The van der Waals surface area contributed by atoms with Crippen LogP contribution in [0, 0.1) is 0 Å². The van der Waals surface area contributed by atoms with Gasteiger partial charge in [0, 0.05) is 26.3 Å². The maximum Gasteiger partial charge on any atom is 0.434 e.